The first kappa shape index (κ1) is 13.8. The second kappa shape index (κ2) is 6.00. The van der Waals surface area contributed by atoms with Gasteiger partial charge in [0.05, 0.1) is 12.5 Å². The number of benzene rings is 1. The Morgan fingerprint density at radius 1 is 1.26 bits per heavy atom. The first-order chi connectivity index (χ1) is 9.11. The Morgan fingerprint density at radius 3 is 2.47 bits per heavy atom. The highest BCUT2D eigenvalue weighted by Gasteiger charge is 2.31. The smallest absolute Gasteiger partial charge is 0.143 e. The van der Waals surface area contributed by atoms with Crippen molar-refractivity contribution in [3.8, 4) is 5.75 Å². The minimum atomic E-state index is -0.362. The van der Waals surface area contributed by atoms with Crippen LogP contribution in [0.1, 0.15) is 44.6 Å². The molecule has 1 aliphatic carbocycles. The average molecular weight is 260 g/mol. The summed E-state index contributed by atoms with van der Waals surface area (Å²) in [6, 6.07) is 7.94. The maximum atomic E-state index is 11.9. The molecule has 19 heavy (non-hydrogen) atoms. The van der Waals surface area contributed by atoms with Gasteiger partial charge in [-0.25, -0.2) is 0 Å². The third-order valence-corrected chi connectivity index (χ3v) is 3.79. The van der Waals surface area contributed by atoms with Crippen LogP contribution in [0, 0.1) is 5.92 Å². The van der Waals surface area contributed by atoms with Crippen LogP contribution in [0.15, 0.2) is 24.3 Å². The Labute approximate surface area is 114 Å². The van der Waals surface area contributed by atoms with Crippen LogP contribution >= 0.6 is 0 Å². The molecule has 1 saturated carbocycles. The van der Waals surface area contributed by atoms with Crippen LogP contribution < -0.4 is 4.74 Å². The van der Waals surface area contributed by atoms with Crippen molar-refractivity contribution in [2.24, 2.45) is 5.92 Å². The molecule has 0 amide bonds. The summed E-state index contributed by atoms with van der Waals surface area (Å²) in [5.74, 6) is 0.848. The molecule has 0 heterocycles. The lowest BCUT2D eigenvalue weighted by Gasteiger charge is -2.26. The zero-order chi connectivity index (χ0) is 13.8. The van der Waals surface area contributed by atoms with Crippen LogP contribution in [-0.4, -0.2) is 18.2 Å². The summed E-state index contributed by atoms with van der Waals surface area (Å²) in [7, 11) is 0. The van der Waals surface area contributed by atoms with Gasteiger partial charge in [0.1, 0.15) is 17.3 Å². The zero-order valence-corrected chi connectivity index (χ0v) is 11.5. The van der Waals surface area contributed by atoms with Crippen LogP contribution in [0.25, 0.3) is 0 Å². The van der Waals surface area contributed by atoms with Gasteiger partial charge in [-0.15, -0.1) is 0 Å². The van der Waals surface area contributed by atoms with Gasteiger partial charge in [-0.2, -0.15) is 0 Å². The van der Waals surface area contributed by atoms with Gasteiger partial charge in [-0.3, -0.25) is 9.59 Å². The molecule has 0 bridgehead atoms. The maximum absolute atomic E-state index is 11.9. The van der Waals surface area contributed by atoms with Crippen LogP contribution in [0.4, 0.5) is 0 Å². The lowest BCUT2D eigenvalue weighted by molar-refractivity contribution is -0.133. The Balaban J connectivity index is 2.04. The molecule has 1 fully saturated rings. The van der Waals surface area contributed by atoms with Gasteiger partial charge in [-0.1, -0.05) is 12.1 Å². The molecule has 2 atom stereocenters. The third-order valence-electron chi connectivity index (χ3n) is 3.79. The molecule has 3 heteroatoms. The lowest BCUT2D eigenvalue weighted by atomic mass is 9.76. The highest BCUT2D eigenvalue weighted by molar-refractivity contribution is 6.02. The topological polar surface area (TPSA) is 43.4 Å². The molecule has 0 unspecified atom stereocenters. The Bertz CT molecular complexity index is 461. The summed E-state index contributed by atoms with van der Waals surface area (Å²) in [5, 5.41) is 0. The van der Waals surface area contributed by atoms with Crippen molar-refractivity contribution in [2.75, 3.05) is 6.61 Å². The zero-order valence-electron chi connectivity index (χ0n) is 11.5. The van der Waals surface area contributed by atoms with Crippen molar-refractivity contribution in [1.82, 2.24) is 0 Å². The number of carbonyl (C=O) groups excluding carboxylic acids is 2. The van der Waals surface area contributed by atoms with E-state index in [9.17, 15) is 9.59 Å². The molecule has 3 nitrogen and oxygen atoms in total. The van der Waals surface area contributed by atoms with Crippen molar-refractivity contribution in [3.05, 3.63) is 29.8 Å². The second-order valence-corrected chi connectivity index (χ2v) is 5.11. The summed E-state index contributed by atoms with van der Waals surface area (Å²) in [5.41, 5.74) is 1.17. The van der Waals surface area contributed by atoms with E-state index in [1.807, 2.05) is 31.2 Å². The van der Waals surface area contributed by atoms with Crippen LogP contribution in [0.5, 0.6) is 5.75 Å². The van der Waals surface area contributed by atoms with Gasteiger partial charge >= 0.3 is 0 Å². The van der Waals surface area contributed by atoms with Crippen LogP contribution in [0.2, 0.25) is 0 Å². The molecule has 0 spiro atoms. The monoisotopic (exact) mass is 260 g/mol. The fourth-order valence-electron chi connectivity index (χ4n) is 2.73. The Morgan fingerprint density at radius 2 is 1.95 bits per heavy atom. The number of carbonyl (C=O) groups is 2. The minimum absolute atomic E-state index is 0.00939. The summed E-state index contributed by atoms with van der Waals surface area (Å²) < 4.78 is 5.41. The molecule has 0 N–H and O–H groups in total. The first-order valence-corrected chi connectivity index (χ1v) is 6.87. The molecule has 2 rings (SSSR count). The highest BCUT2D eigenvalue weighted by Crippen LogP contribution is 2.34. The fourth-order valence-corrected chi connectivity index (χ4v) is 2.73. The van der Waals surface area contributed by atoms with Crippen LogP contribution in [0.3, 0.4) is 0 Å². The predicted molar refractivity (Wildman–Crippen MR) is 73.4 cm³/mol. The molecule has 0 aliphatic heterocycles. The Kier molecular flexibility index (Phi) is 4.35. The quantitative estimate of drug-likeness (QED) is 0.781. The van der Waals surface area contributed by atoms with Crippen molar-refractivity contribution >= 4 is 11.6 Å². The lowest BCUT2D eigenvalue weighted by Crippen LogP contribution is -2.28. The predicted octanol–water partition coefficient (Wildman–Crippen LogP) is 3.13. The van der Waals surface area contributed by atoms with E-state index in [1.165, 1.54) is 12.5 Å². The molecular formula is C16H20O3. The van der Waals surface area contributed by atoms with E-state index in [4.69, 9.17) is 4.74 Å². The van der Waals surface area contributed by atoms with Crippen LogP contribution in [-0.2, 0) is 9.59 Å². The van der Waals surface area contributed by atoms with E-state index in [2.05, 4.69) is 0 Å². The van der Waals surface area contributed by atoms with Crippen molar-refractivity contribution in [1.29, 1.82) is 0 Å². The number of hydrogen-bond donors (Lipinski definition) is 0. The Hall–Kier alpha value is -1.64. The molecule has 0 radical (unpaired) electrons. The summed E-state index contributed by atoms with van der Waals surface area (Å²) >= 11 is 0. The van der Waals surface area contributed by atoms with E-state index >= 15 is 0 Å². The van der Waals surface area contributed by atoms with E-state index in [0.717, 1.165) is 12.2 Å². The molecule has 1 aliphatic rings. The molecule has 0 saturated heterocycles. The molecule has 1 aromatic carbocycles. The first-order valence-electron chi connectivity index (χ1n) is 6.87. The van der Waals surface area contributed by atoms with Crippen molar-refractivity contribution in [2.45, 2.75) is 39.0 Å². The van der Waals surface area contributed by atoms with Gasteiger partial charge in [0.2, 0.25) is 0 Å². The van der Waals surface area contributed by atoms with E-state index < -0.39 is 0 Å². The standard InChI is InChI=1S/C16H20O3/c1-3-19-14-7-4-12(5-8-14)13-6-9-15(11(2)17)16(18)10-13/h4-5,7-8,13,15H,3,6,9-10H2,1-2H3/t13-,15+/m0/s1. The second-order valence-electron chi connectivity index (χ2n) is 5.11. The number of hydrogen-bond acceptors (Lipinski definition) is 3. The van der Waals surface area contributed by atoms with Gasteiger partial charge < -0.3 is 4.74 Å². The van der Waals surface area contributed by atoms with Crippen molar-refractivity contribution in [3.63, 3.8) is 0 Å². The van der Waals surface area contributed by atoms with E-state index in [1.54, 1.807) is 0 Å². The molecule has 0 aromatic heterocycles. The van der Waals surface area contributed by atoms with Crippen molar-refractivity contribution < 1.29 is 14.3 Å². The normalized spacial score (nSPS) is 23.2. The van der Waals surface area contributed by atoms with Gasteiger partial charge in [-0.05, 0) is 50.3 Å². The van der Waals surface area contributed by atoms with Gasteiger partial charge in [0, 0.05) is 6.42 Å². The maximum Gasteiger partial charge on any atom is 0.143 e. The summed E-state index contributed by atoms with van der Waals surface area (Å²) in [6.45, 7) is 4.12. The minimum Gasteiger partial charge on any atom is -0.494 e. The number of rotatable bonds is 4. The third kappa shape index (κ3) is 3.22. The molecule has 102 valence electrons. The van der Waals surface area contributed by atoms with Gasteiger partial charge in [0.25, 0.3) is 0 Å². The SMILES string of the molecule is CCOc1ccc([C@H]2CC[C@H](C(C)=O)C(=O)C2)cc1. The molecule has 1 aromatic rings. The summed E-state index contributed by atoms with van der Waals surface area (Å²) in [6.07, 6.45) is 2.08. The number of Topliss-reactive ketones (excluding diaryl/α,β-unsaturated/α-hetero) is 2. The van der Waals surface area contributed by atoms with E-state index in [0.29, 0.717) is 19.4 Å². The average Bonchev–Trinajstić information content (AvgIpc) is 2.39. The van der Waals surface area contributed by atoms with Gasteiger partial charge in [0.15, 0.2) is 0 Å². The fraction of sp³-hybridized carbons (Fsp3) is 0.500. The largest absolute Gasteiger partial charge is 0.494 e. The number of ketones is 2. The summed E-state index contributed by atoms with van der Waals surface area (Å²) in [4.78, 5) is 23.3. The van der Waals surface area contributed by atoms with E-state index in [-0.39, 0.29) is 23.4 Å². The number of ether oxygens (including phenoxy) is 1. The highest BCUT2D eigenvalue weighted by atomic mass is 16.5. The molecular weight excluding hydrogens is 240 g/mol.